The number of guanidine groups is 1. The molecule has 0 atom stereocenters. The molecule has 1 amide bonds. The number of aromatic nitrogens is 3. The number of piperidine rings is 1. The van der Waals surface area contributed by atoms with E-state index in [9.17, 15) is 4.79 Å². The van der Waals surface area contributed by atoms with Crippen molar-refractivity contribution in [2.75, 3.05) is 58.9 Å². The number of nitrogens with zero attached hydrogens (tertiary/aromatic N) is 7. The zero-order chi connectivity index (χ0) is 20.3. The summed E-state index contributed by atoms with van der Waals surface area (Å²) >= 11 is 0. The second-order valence-electron chi connectivity index (χ2n) is 7.85. The zero-order valence-corrected chi connectivity index (χ0v) is 20.5. The maximum Gasteiger partial charge on any atom is 0.236 e. The van der Waals surface area contributed by atoms with Crippen molar-refractivity contribution in [3.63, 3.8) is 0 Å². The number of aryl methyl sites for hydroxylation is 1. The Kier molecular flexibility index (Phi) is 11.4. The summed E-state index contributed by atoms with van der Waals surface area (Å²) in [5.74, 6) is 1.30. The van der Waals surface area contributed by atoms with Gasteiger partial charge in [-0.05, 0) is 39.0 Å². The second-order valence-corrected chi connectivity index (χ2v) is 7.85. The van der Waals surface area contributed by atoms with Crippen LogP contribution in [0.5, 0.6) is 0 Å². The summed E-state index contributed by atoms with van der Waals surface area (Å²) in [4.78, 5) is 24.0. The SMILES string of the molecule is CCNC(=NCCCCn1cnnc1)N1CCN(CC(=O)N2CCCCC2)CC1.I. The number of carbonyl (C=O) groups is 1. The molecule has 0 aromatic carbocycles. The highest BCUT2D eigenvalue weighted by atomic mass is 127. The van der Waals surface area contributed by atoms with Crippen molar-refractivity contribution >= 4 is 35.8 Å². The Morgan fingerprint density at radius 2 is 1.67 bits per heavy atom. The van der Waals surface area contributed by atoms with E-state index in [1.54, 1.807) is 12.7 Å². The topological polar surface area (TPSA) is 81.9 Å². The molecule has 9 nitrogen and oxygen atoms in total. The van der Waals surface area contributed by atoms with Crippen LogP contribution in [-0.4, -0.2) is 100 Å². The third-order valence-electron chi connectivity index (χ3n) is 5.63. The standard InChI is InChI=1S/C20H36N8O.HI/c1-2-21-20(22-8-4-7-9-26-17-23-24-18-26)28-14-12-25(13-15-28)16-19(29)27-10-5-3-6-11-27;/h17-18H,2-16H2,1H3,(H,21,22);1H. The molecule has 10 heteroatoms. The van der Waals surface area contributed by atoms with Gasteiger partial charge in [-0.15, -0.1) is 34.2 Å². The van der Waals surface area contributed by atoms with Crippen LogP contribution in [-0.2, 0) is 11.3 Å². The molecule has 1 aromatic heterocycles. The van der Waals surface area contributed by atoms with Crippen LogP contribution >= 0.6 is 24.0 Å². The molecule has 2 saturated heterocycles. The minimum atomic E-state index is 0. The smallest absolute Gasteiger partial charge is 0.236 e. The van der Waals surface area contributed by atoms with Crippen molar-refractivity contribution in [3.05, 3.63) is 12.7 Å². The van der Waals surface area contributed by atoms with Crippen LogP contribution < -0.4 is 5.32 Å². The number of likely N-dealkylation sites (tertiary alicyclic amines) is 1. The Morgan fingerprint density at radius 1 is 0.967 bits per heavy atom. The first-order chi connectivity index (χ1) is 14.3. The number of unbranched alkanes of at least 4 members (excludes halogenated alkanes) is 1. The van der Waals surface area contributed by atoms with Crippen LogP contribution in [0.1, 0.15) is 39.0 Å². The predicted octanol–water partition coefficient (Wildman–Crippen LogP) is 1.27. The molecule has 1 aromatic rings. The first kappa shape index (κ1) is 24.8. The number of piperazine rings is 1. The van der Waals surface area contributed by atoms with Crippen LogP contribution in [0.2, 0.25) is 0 Å². The molecule has 0 aliphatic carbocycles. The summed E-state index contributed by atoms with van der Waals surface area (Å²) in [5, 5.41) is 11.1. The van der Waals surface area contributed by atoms with Crippen LogP contribution in [0.25, 0.3) is 0 Å². The number of rotatable bonds is 8. The van der Waals surface area contributed by atoms with Crippen LogP contribution in [0.4, 0.5) is 0 Å². The van der Waals surface area contributed by atoms with Gasteiger partial charge in [-0.2, -0.15) is 0 Å². The molecular formula is C20H37IN8O. The normalized spacial score (nSPS) is 18.2. The molecular weight excluding hydrogens is 495 g/mol. The summed E-state index contributed by atoms with van der Waals surface area (Å²) in [6, 6.07) is 0. The molecule has 170 valence electrons. The van der Waals surface area contributed by atoms with Crippen molar-refractivity contribution in [3.8, 4) is 0 Å². The molecule has 0 spiro atoms. The van der Waals surface area contributed by atoms with Gasteiger partial charge in [-0.25, -0.2) is 0 Å². The van der Waals surface area contributed by atoms with Crippen molar-refractivity contribution < 1.29 is 4.79 Å². The molecule has 0 saturated carbocycles. The van der Waals surface area contributed by atoms with Gasteiger partial charge in [0, 0.05) is 58.9 Å². The van der Waals surface area contributed by atoms with E-state index in [1.807, 2.05) is 9.47 Å². The molecule has 0 radical (unpaired) electrons. The van der Waals surface area contributed by atoms with Crippen LogP contribution in [0.3, 0.4) is 0 Å². The first-order valence-electron chi connectivity index (χ1n) is 11.1. The summed E-state index contributed by atoms with van der Waals surface area (Å²) < 4.78 is 2.00. The highest BCUT2D eigenvalue weighted by Crippen LogP contribution is 2.10. The number of aliphatic imine (C=N–C) groups is 1. The summed E-state index contributed by atoms with van der Waals surface area (Å²) in [5.41, 5.74) is 0. The van der Waals surface area contributed by atoms with Gasteiger partial charge >= 0.3 is 0 Å². The molecule has 2 aliphatic rings. The number of nitrogens with one attached hydrogen (secondary N) is 1. The van der Waals surface area contributed by atoms with E-state index in [0.717, 1.165) is 90.5 Å². The summed E-state index contributed by atoms with van der Waals surface area (Å²) in [7, 11) is 0. The average molecular weight is 532 g/mol. The largest absolute Gasteiger partial charge is 0.357 e. The predicted molar refractivity (Wildman–Crippen MR) is 129 cm³/mol. The van der Waals surface area contributed by atoms with Gasteiger partial charge in [0.2, 0.25) is 5.91 Å². The van der Waals surface area contributed by atoms with Crippen LogP contribution in [0, 0.1) is 0 Å². The molecule has 3 heterocycles. The average Bonchev–Trinajstić information content (AvgIpc) is 3.27. The van der Waals surface area contributed by atoms with E-state index < -0.39 is 0 Å². The van der Waals surface area contributed by atoms with Gasteiger partial charge in [0.1, 0.15) is 12.7 Å². The fourth-order valence-electron chi connectivity index (χ4n) is 3.91. The Morgan fingerprint density at radius 3 is 2.33 bits per heavy atom. The van der Waals surface area contributed by atoms with Crippen molar-refractivity contribution in [1.29, 1.82) is 0 Å². The highest BCUT2D eigenvalue weighted by Gasteiger charge is 2.23. The Bertz CT molecular complexity index is 625. The van der Waals surface area contributed by atoms with Gasteiger partial charge in [0.05, 0.1) is 6.54 Å². The first-order valence-corrected chi connectivity index (χ1v) is 11.1. The van der Waals surface area contributed by atoms with E-state index in [1.165, 1.54) is 6.42 Å². The van der Waals surface area contributed by atoms with E-state index >= 15 is 0 Å². The third kappa shape index (κ3) is 8.01. The molecule has 0 unspecified atom stereocenters. The Labute approximate surface area is 197 Å². The quantitative estimate of drug-likeness (QED) is 0.235. The number of amides is 1. The van der Waals surface area contributed by atoms with Crippen molar-refractivity contribution in [1.82, 2.24) is 34.8 Å². The molecule has 30 heavy (non-hydrogen) atoms. The maximum atomic E-state index is 12.5. The van der Waals surface area contributed by atoms with E-state index in [-0.39, 0.29) is 24.0 Å². The molecule has 2 fully saturated rings. The summed E-state index contributed by atoms with van der Waals surface area (Å²) in [6.45, 7) is 10.8. The number of hydrogen-bond donors (Lipinski definition) is 1. The molecule has 1 N–H and O–H groups in total. The van der Waals surface area contributed by atoms with E-state index in [0.29, 0.717) is 12.5 Å². The van der Waals surface area contributed by atoms with Crippen molar-refractivity contribution in [2.45, 2.75) is 45.6 Å². The molecule has 2 aliphatic heterocycles. The fourth-order valence-corrected chi connectivity index (χ4v) is 3.91. The lowest BCUT2D eigenvalue weighted by atomic mass is 10.1. The fraction of sp³-hybridized carbons (Fsp3) is 0.800. The van der Waals surface area contributed by atoms with Crippen molar-refractivity contribution in [2.24, 2.45) is 4.99 Å². The lowest BCUT2D eigenvalue weighted by molar-refractivity contribution is -0.133. The molecule has 0 bridgehead atoms. The number of hydrogen-bond acceptors (Lipinski definition) is 5. The van der Waals surface area contributed by atoms with Gasteiger partial charge in [0.15, 0.2) is 5.96 Å². The lowest BCUT2D eigenvalue weighted by Gasteiger charge is -2.37. The highest BCUT2D eigenvalue weighted by molar-refractivity contribution is 14.0. The maximum absolute atomic E-state index is 12.5. The van der Waals surface area contributed by atoms with E-state index in [4.69, 9.17) is 4.99 Å². The Balaban J connectivity index is 0.00000320. The molecule has 3 rings (SSSR count). The second kappa shape index (κ2) is 13.8. The van der Waals surface area contributed by atoms with Gasteiger partial charge < -0.3 is 19.7 Å². The minimum Gasteiger partial charge on any atom is -0.357 e. The Hall–Kier alpha value is -1.43. The number of carbonyl (C=O) groups excluding carboxylic acids is 1. The van der Waals surface area contributed by atoms with E-state index in [2.05, 4.69) is 32.2 Å². The van der Waals surface area contributed by atoms with Gasteiger partial charge in [-0.1, -0.05) is 0 Å². The third-order valence-corrected chi connectivity index (χ3v) is 5.63. The monoisotopic (exact) mass is 532 g/mol. The number of halogens is 1. The van der Waals surface area contributed by atoms with Crippen LogP contribution in [0.15, 0.2) is 17.6 Å². The lowest BCUT2D eigenvalue weighted by Crippen LogP contribution is -2.54. The van der Waals surface area contributed by atoms with Gasteiger partial charge in [-0.3, -0.25) is 14.7 Å². The van der Waals surface area contributed by atoms with Gasteiger partial charge in [0.25, 0.3) is 0 Å². The summed E-state index contributed by atoms with van der Waals surface area (Å²) in [6.07, 6.45) is 9.18. The zero-order valence-electron chi connectivity index (χ0n) is 18.2. The minimum absolute atomic E-state index is 0.